The highest BCUT2D eigenvalue weighted by Crippen LogP contribution is 2.33. The highest BCUT2D eigenvalue weighted by molar-refractivity contribution is 6.07. The Morgan fingerprint density at radius 2 is 2.11 bits per heavy atom. The van der Waals surface area contributed by atoms with Crippen molar-refractivity contribution in [3.05, 3.63) is 81.7 Å². The predicted molar refractivity (Wildman–Crippen MR) is 90.9 cm³/mol. The van der Waals surface area contributed by atoms with Crippen molar-refractivity contribution in [1.29, 1.82) is 5.26 Å². The van der Waals surface area contributed by atoms with Crippen molar-refractivity contribution in [2.75, 3.05) is 0 Å². The van der Waals surface area contributed by atoms with Gasteiger partial charge in [-0.3, -0.25) is 14.9 Å². The fraction of sp³-hybridized carbons (Fsp3) is 0.0556. The van der Waals surface area contributed by atoms with Crippen LogP contribution in [0.15, 0.2) is 48.8 Å². The Hall–Kier alpha value is -4.06. The van der Waals surface area contributed by atoms with Gasteiger partial charge in [-0.05, 0) is 24.3 Å². The van der Waals surface area contributed by atoms with E-state index < -0.39 is 22.2 Å². The first-order valence-corrected chi connectivity index (χ1v) is 7.58. The number of nitrogens with zero attached hydrogens (tertiary/aromatic N) is 4. The van der Waals surface area contributed by atoms with Gasteiger partial charge >= 0.3 is 5.69 Å². The monoisotopic (exact) mass is 366 g/mol. The van der Waals surface area contributed by atoms with Crippen LogP contribution in [0, 0.1) is 27.3 Å². The van der Waals surface area contributed by atoms with Crippen LogP contribution in [0.2, 0.25) is 0 Å². The number of benzene rings is 2. The number of carbonyl (C=O) groups excluding carboxylic acids is 1. The number of ether oxygens (including phenoxy) is 1. The molecule has 9 heteroatoms. The molecule has 27 heavy (non-hydrogen) atoms. The van der Waals surface area contributed by atoms with E-state index in [1.54, 1.807) is 19.3 Å². The predicted octanol–water partition coefficient (Wildman–Crippen LogP) is 3.36. The second kappa shape index (κ2) is 7.05. The summed E-state index contributed by atoms with van der Waals surface area (Å²) in [6.45, 7) is 0. The molecule has 2 aromatic carbocycles. The maximum absolute atomic E-state index is 13.7. The van der Waals surface area contributed by atoms with Crippen LogP contribution >= 0.6 is 0 Å². The van der Waals surface area contributed by atoms with E-state index >= 15 is 0 Å². The first kappa shape index (κ1) is 17.8. The lowest BCUT2D eigenvalue weighted by Gasteiger charge is -2.08. The zero-order valence-corrected chi connectivity index (χ0v) is 13.9. The van der Waals surface area contributed by atoms with Crippen molar-refractivity contribution < 1.29 is 18.8 Å². The van der Waals surface area contributed by atoms with Gasteiger partial charge < -0.3 is 9.30 Å². The average Bonchev–Trinajstić information content (AvgIpc) is 3.07. The molecule has 0 bridgehead atoms. The van der Waals surface area contributed by atoms with Gasteiger partial charge in [-0.2, -0.15) is 5.26 Å². The summed E-state index contributed by atoms with van der Waals surface area (Å²) in [6.07, 6.45) is 3.02. The standard InChI is InChI=1S/C18H11FN4O4/c1-22-7-6-21-18(22)17(24)11-3-5-16(15(8-11)23(25)26)27-13-4-2-12(10-20)14(19)9-13/h2-9H,1H3. The van der Waals surface area contributed by atoms with Crippen LogP contribution in [0.1, 0.15) is 21.7 Å². The van der Waals surface area contributed by atoms with E-state index in [9.17, 15) is 19.3 Å². The maximum Gasteiger partial charge on any atom is 0.312 e. The molecule has 0 radical (unpaired) electrons. The Labute approximate surface area is 152 Å². The first-order chi connectivity index (χ1) is 12.9. The third kappa shape index (κ3) is 3.50. The van der Waals surface area contributed by atoms with Crippen molar-refractivity contribution in [3.63, 3.8) is 0 Å². The minimum Gasteiger partial charge on any atom is -0.450 e. The number of carbonyl (C=O) groups is 1. The highest BCUT2D eigenvalue weighted by atomic mass is 19.1. The topological polar surface area (TPSA) is 111 Å². The number of imidazole rings is 1. The number of halogens is 1. The number of rotatable bonds is 5. The van der Waals surface area contributed by atoms with Crippen molar-refractivity contribution in [2.24, 2.45) is 7.05 Å². The molecule has 0 saturated heterocycles. The first-order valence-electron chi connectivity index (χ1n) is 7.58. The Kier molecular flexibility index (Phi) is 4.64. The molecule has 0 N–H and O–H groups in total. The van der Waals surface area contributed by atoms with Crippen molar-refractivity contribution in [2.45, 2.75) is 0 Å². The van der Waals surface area contributed by atoms with Gasteiger partial charge in [0, 0.05) is 37.1 Å². The number of nitro benzene ring substituents is 1. The largest absolute Gasteiger partial charge is 0.450 e. The number of aryl methyl sites for hydroxylation is 1. The van der Waals surface area contributed by atoms with Gasteiger partial charge in [-0.15, -0.1) is 0 Å². The van der Waals surface area contributed by atoms with Gasteiger partial charge in [0.2, 0.25) is 11.5 Å². The van der Waals surface area contributed by atoms with Gasteiger partial charge in [0.15, 0.2) is 5.82 Å². The zero-order valence-electron chi connectivity index (χ0n) is 13.9. The van der Waals surface area contributed by atoms with E-state index in [0.717, 1.165) is 12.1 Å². The van der Waals surface area contributed by atoms with Gasteiger partial charge in [-0.1, -0.05) is 0 Å². The number of hydrogen-bond donors (Lipinski definition) is 0. The van der Waals surface area contributed by atoms with Crippen molar-refractivity contribution >= 4 is 11.5 Å². The van der Waals surface area contributed by atoms with E-state index in [1.165, 1.54) is 35.0 Å². The minimum atomic E-state index is -0.806. The lowest BCUT2D eigenvalue weighted by Crippen LogP contribution is -2.09. The van der Waals surface area contributed by atoms with Crippen LogP contribution in [0.4, 0.5) is 10.1 Å². The summed E-state index contributed by atoms with van der Waals surface area (Å²) in [5.41, 5.74) is -0.568. The smallest absolute Gasteiger partial charge is 0.312 e. The number of nitriles is 1. The second-order valence-electron chi connectivity index (χ2n) is 5.49. The van der Waals surface area contributed by atoms with Gasteiger partial charge in [0.25, 0.3) is 0 Å². The molecule has 8 nitrogen and oxygen atoms in total. The van der Waals surface area contributed by atoms with Crippen LogP contribution in [0.5, 0.6) is 11.5 Å². The van der Waals surface area contributed by atoms with E-state index in [0.29, 0.717) is 0 Å². The van der Waals surface area contributed by atoms with Crippen molar-refractivity contribution in [3.8, 4) is 17.6 Å². The lowest BCUT2D eigenvalue weighted by molar-refractivity contribution is -0.385. The van der Waals surface area contributed by atoms with E-state index in [4.69, 9.17) is 10.00 Å². The van der Waals surface area contributed by atoms with E-state index in [1.807, 2.05) is 0 Å². The van der Waals surface area contributed by atoms with Crippen LogP contribution in [-0.2, 0) is 7.05 Å². The van der Waals surface area contributed by atoms with E-state index in [-0.39, 0.29) is 28.5 Å². The number of hydrogen-bond acceptors (Lipinski definition) is 6. The van der Waals surface area contributed by atoms with Crippen molar-refractivity contribution in [1.82, 2.24) is 9.55 Å². The van der Waals surface area contributed by atoms with Crippen LogP contribution in [0.3, 0.4) is 0 Å². The van der Waals surface area contributed by atoms with Gasteiger partial charge in [0.05, 0.1) is 10.5 Å². The summed E-state index contributed by atoms with van der Waals surface area (Å²) in [5.74, 6) is -1.34. The van der Waals surface area contributed by atoms with E-state index in [2.05, 4.69) is 4.98 Å². The summed E-state index contributed by atoms with van der Waals surface area (Å²) in [7, 11) is 1.63. The Bertz CT molecular complexity index is 1100. The molecule has 0 atom stereocenters. The van der Waals surface area contributed by atoms with Gasteiger partial charge in [0.1, 0.15) is 17.6 Å². The zero-order chi connectivity index (χ0) is 19.6. The molecule has 134 valence electrons. The molecule has 0 unspecified atom stereocenters. The quantitative estimate of drug-likeness (QED) is 0.389. The highest BCUT2D eigenvalue weighted by Gasteiger charge is 2.22. The Morgan fingerprint density at radius 1 is 1.33 bits per heavy atom. The molecule has 1 aromatic heterocycles. The third-order valence-electron chi connectivity index (χ3n) is 3.73. The fourth-order valence-electron chi connectivity index (χ4n) is 2.38. The molecule has 0 aliphatic carbocycles. The number of ketones is 1. The molecule has 3 aromatic rings. The molecular weight excluding hydrogens is 355 g/mol. The Balaban J connectivity index is 1.96. The van der Waals surface area contributed by atoms with Crippen LogP contribution < -0.4 is 4.74 Å². The lowest BCUT2D eigenvalue weighted by atomic mass is 10.1. The summed E-state index contributed by atoms with van der Waals surface area (Å²) in [5, 5.41) is 20.1. The Morgan fingerprint density at radius 3 is 2.70 bits per heavy atom. The molecule has 0 fully saturated rings. The number of aromatic nitrogens is 2. The normalized spacial score (nSPS) is 10.3. The molecule has 0 saturated carbocycles. The third-order valence-corrected chi connectivity index (χ3v) is 3.73. The second-order valence-corrected chi connectivity index (χ2v) is 5.49. The average molecular weight is 366 g/mol. The summed E-state index contributed by atoms with van der Waals surface area (Å²) in [4.78, 5) is 27.1. The molecule has 0 aliphatic heterocycles. The summed E-state index contributed by atoms with van der Waals surface area (Å²) < 4.78 is 20.6. The molecule has 0 amide bonds. The molecule has 1 heterocycles. The van der Waals surface area contributed by atoms with Crippen LogP contribution in [-0.4, -0.2) is 20.3 Å². The minimum absolute atomic E-state index is 0.0159. The van der Waals surface area contributed by atoms with Gasteiger partial charge in [-0.25, -0.2) is 9.37 Å². The summed E-state index contributed by atoms with van der Waals surface area (Å²) in [6, 6.07) is 8.84. The summed E-state index contributed by atoms with van der Waals surface area (Å²) >= 11 is 0. The maximum atomic E-state index is 13.7. The molecule has 0 spiro atoms. The molecule has 0 aliphatic rings. The molecule has 3 rings (SSSR count). The fourth-order valence-corrected chi connectivity index (χ4v) is 2.38. The molecular formula is C18H11FN4O4. The van der Waals surface area contributed by atoms with Crippen LogP contribution in [0.25, 0.3) is 0 Å². The number of nitro groups is 1. The SMILES string of the molecule is Cn1ccnc1C(=O)c1ccc(Oc2ccc(C#N)c(F)c2)c([N+](=O)[O-])c1.